The number of amides is 1. The Morgan fingerprint density at radius 1 is 1.36 bits per heavy atom. The Morgan fingerprint density at radius 2 is 1.95 bits per heavy atom. The number of carboxylic acids is 1. The molecular formula is C15H21FN2O4. The molecule has 22 heavy (non-hydrogen) atoms. The van der Waals surface area contributed by atoms with Crippen LogP contribution in [0.1, 0.15) is 38.1 Å². The number of nitrogen functional groups attached to an aromatic ring is 1. The number of anilines is 1. The van der Waals surface area contributed by atoms with Crippen LogP contribution in [0.4, 0.5) is 10.1 Å². The molecule has 0 heterocycles. The Balaban J connectivity index is 2.91. The van der Waals surface area contributed by atoms with Gasteiger partial charge in [0.15, 0.2) is 6.04 Å². The number of carbonyl (C=O) groups is 2. The van der Waals surface area contributed by atoms with Gasteiger partial charge >= 0.3 is 5.97 Å². The zero-order valence-corrected chi connectivity index (χ0v) is 13.0. The molecule has 0 spiro atoms. The first-order chi connectivity index (χ1) is 10.0. The summed E-state index contributed by atoms with van der Waals surface area (Å²) in [5.41, 5.74) is 4.96. The highest BCUT2D eigenvalue weighted by Crippen LogP contribution is 2.16. The van der Waals surface area contributed by atoms with Crippen molar-refractivity contribution in [3.8, 4) is 0 Å². The molecule has 2 atom stereocenters. The molecule has 1 aromatic rings. The summed E-state index contributed by atoms with van der Waals surface area (Å²) >= 11 is 0. The van der Waals surface area contributed by atoms with Gasteiger partial charge in [-0.1, -0.05) is 0 Å². The number of rotatable bonds is 5. The van der Waals surface area contributed by atoms with Crippen LogP contribution in [0.5, 0.6) is 0 Å². The van der Waals surface area contributed by atoms with Crippen LogP contribution in [-0.2, 0) is 9.53 Å². The van der Waals surface area contributed by atoms with Gasteiger partial charge in [0.2, 0.25) is 0 Å². The minimum atomic E-state index is -1.25. The van der Waals surface area contributed by atoms with E-state index in [4.69, 9.17) is 10.5 Å². The number of ether oxygens (including phenoxy) is 1. The molecule has 0 bridgehead atoms. The number of nitrogens with two attached hydrogens (primary N) is 1. The second kappa shape index (κ2) is 6.74. The van der Waals surface area contributed by atoms with Gasteiger partial charge in [0.05, 0.1) is 17.3 Å². The summed E-state index contributed by atoms with van der Waals surface area (Å²) < 4.78 is 18.6. The van der Waals surface area contributed by atoms with Crippen molar-refractivity contribution in [3.05, 3.63) is 29.6 Å². The van der Waals surface area contributed by atoms with Gasteiger partial charge in [0, 0.05) is 5.69 Å². The third kappa shape index (κ3) is 5.00. The molecule has 4 N–H and O–H groups in total. The number of benzene rings is 1. The molecule has 0 aliphatic rings. The molecule has 6 nitrogen and oxygen atoms in total. The summed E-state index contributed by atoms with van der Waals surface area (Å²) in [6, 6.07) is 2.03. The quantitative estimate of drug-likeness (QED) is 0.720. The van der Waals surface area contributed by atoms with E-state index in [0.717, 1.165) is 12.1 Å². The molecule has 1 rings (SSSR count). The Bertz CT molecular complexity index is 569. The van der Waals surface area contributed by atoms with E-state index in [-0.39, 0.29) is 11.3 Å². The molecule has 7 heteroatoms. The summed E-state index contributed by atoms with van der Waals surface area (Å²) in [5.74, 6) is -2.51. The van der Waals surface area contributed by atoms with Crippen molar-refractivity contribution in [1.29, 1.82) is 0 Å². The fourth-order valence-electron chi connectivity index (χ4n) is 1.96. The van der Waals surface area contributed by atoms with Crippen molar-refractivity contribution in [2.75, 3.05) is 5.73 Å². The van der Waals surface area contributed by atoms with E-state index in [1.807, 2.05) is 0 Å². The number of carbonyl (C=O) groups excluding carboxylic acids is 1. The topological polar surface area (TPSA) is 102 Å². The van der Waals surface area contributed by atoms with Gasteiger partial charge in [0.1, 0.15) is 5.82 Å². The van der Waals surface area contributed by atoms with Crippen LogP contribution in [0.2, 0.25) is 0 Å². The lowest BCUT2D eigenvalue weighted by Gasteiger charge is -2.29. The first-order valence-electron chi connectivity index (χ1n) is 6.78. The lowest BCUT2D eigenvalue weighted by molar-refractivity contribution is -0.146. The zero-order valence-electron chi connectivity index (χ0n) is 13.0. The first-order valence-corrected chi connectivity index (χ1v) is 6.78. The third-order valence-electron chi connectivity index (χ3n) is 2.82. The maximum absolute atomic E-state index is 13.0. The normalized spacial score (nSPS) is 14.2. The second-order valence-corrected chi connectivity index (χ2v) is 5.96. The third-order valence-corrected chi connectivity index (χ3v) is 2.82. The SMILES string of the molecule is C[C@@H](OC(C)(C)C)[C@H](NC(=O)c1ccc(F)cc1N)C(=O)O. The summed E-state index contributed by atoms with van der Waals surface area (Å²) in [7, 11) is 0. The van der Waals surface area contributed by atoms with Gasteiger partial charge in [-0.2, -0.15) is 0 Å². The fourth-order valence-corrected chi connectivity index (χ4v) is 1.96. The van der Waals surface area contributed by atoms with Gasteiger partial charge in [-0.3, -0.25) is 4.79 Å². The minimum Gasteiger partial charge on any atom is -0.480 e. The average Bonchev–Trinajstić information content (AvgIpc) is 2.32. The number of aliphatic carboxylic acids is 1. The lowest BCUT2D eigenvalue weighted by atomic mass is 10.1. The van der Waals surface area contributed by atoms with Gasteiger partial charge in [-0.25, -0.2) is 9.18 Å². The molecule has 0 aliphatic carbocycles. The van der Waals surface area contributed by atoms with Crippen LogP contribution in [0.25, 0.3) is 0 Å². The van der Waals surface area contributed by atoms with E-state index in [1.54, 1.807) is 27.7 Å². The van der Waals surface area contributed by atoms with Crippen LogP contribution in [-0.4, -0.2) is 34.7 Å². The Morgan fingerprint density at radius 3 is 2.41 bits per heavy atom. The number of carboxylic acid groups (broad SMARTS) is 1. The van der Waals surface area contributed by atoms with Gasteiger partial charge < -0.3 is 20.9 Å². The Labute approximate surface area is 128 Å². The molecule has 1 amide bonds. The molecule has 0 aromatic heterocycles. The lowest BCUT2D eigenvalue weighted by Crippen LogP contribution is -2.50. The predicted molar refractivity (Wildman–Crippen MR) is 80.0 cm³/mol. The molecule has 0 saturated carbocycles. The van der Waals surface area contributed by atoms with Crippen molar-refractivity contribution in [2.45, 2.75) is 45.4 Å². The van der Waals surface area contributed by atoms with E-state index < -0.39 is 35.4 Å². The molecular weight excluding hydrogens is 291 g/mol. The van der Waals surface area contributed by atoms with E-state index in [2.05, 4.69) is 5.32 Å². The van der Waals surface area contributed by atoms with E-state index >= 15 is 0 Å². The summed E-state index contributed by atoms with van der Waals surface area (Å²) in [6.07, 6.45) is -0.761. The van der Waals surface area contributed by atoms with Gasteiger partial charge in [0.25, 0.3) is 5.91 Å². The zero-order chi connectivity index (χ0) is 17.1. The highest BCUT2D eigenvalue weighted by molar-refractivity contribution is 6.00. The highest BCUT2D eigenvalue weighted by Gasteiger charge is 2.31. The molecule has 122 valence electrons. The first kappa shape index (κ1) is 17.9. The molecule has 0 radical (unpaired) electrons. The van der Waals surface area contributed by atoms with Gasteiger partial charge in [-0.05, 0) is 45.9 Å². The van der Waals surface area contributed by atoms with E-state index in [9.17, 15) is 19.1 Å². The maximum Gasteiger partial charge on any atom is 0.328 e. The minimum absolute atomic E-state index is 0.00982. The number of hydrogen-bond acceptors (Lipinski definition) is 4. The number of halogens is 1. The maximum atomic E-state index is 13.0. The Kier molecular flexibility index (Phi) is 5.48. The van der Waals surface area contributed by atoms with Crippen LogP contribution < -0.4 is 11.1 Å². The fraction of sp³-hybridized carbons (Fsp3) is 0.467. The van der Waals surface area contributed by atoms with Crippen LogP contribution in [0, 0.1) is 5.82 Å². The summed E-state index contributed by atoms with van der Waals surface area (Å²) in [6.45, 7) is 6.89. The smallest absolute Gasteiger partial charge is 0.328 e. The summed E-state index contributed by atoms with van der Waals surface area (Å²) in [4.78, 5) is 23.5. The van der Waals surface area contributed by atoms with E-state index in [1.165, 1.54) is 6.07 Å². The number of hydrogen-bond donors (Lipinski definition) is 3. The van der Waals surface area contributed by atoms with Crippen molar-refractivity contribution in [1.82, 2.24) is 5.32 Å². The van der Waals surface area contributed by atoms with Crippen LogP contribution in [0.3, 0.4) is 0 Å². The van der Waals surface area contributed by atoms with E-state index in [0.29, 0.717) is 0 Å². The average molecular weight is 312 g/mol. The van der Waals surface area contributed by atoms with Crippen molar-refractivity contribution in [3.63, 3.8) is 0 Å². The Hall–Kier alpha value is -2.15. The summed E-state index contributed by atoms with van der Waals surface area (Å²) in [5, 5.41) is 11.6. The molecule has 0 fully saturated rings. The molecule has 0 saturated heterocycles. The highest BCUT2D eigenvalue weighted by atomic mass is 19.1. The number of nitrogens with one attached hydrogen (secondary N) is 1. The van der Waals surface area contributed by atoms with Crippen molar-refractivity contribution >= 4 is 17.6 Å². The van der Waals surface area contributed by atoms with Crippen LogP contribution >= 0.6 is 0 Å². The predicted octanol–water partition coefficient (Wildman–Crippen LogP) is 1.79. The van der Waals surface area contributed by atoms with Crippen molar-refractivity contribution < 1.29 is 23.8 Å². The molecule has 1 aromatic carbocycles. The molecule has 0 aliphatic heterocycles. The van der Waals surface area contributed by atoms with Crippen LogP contribution in [0.15, 0.2) is 18.2 Å². The largest absolute Gasteiger partial charge is 0.480 e. The monoisotopic (exact) mass is 312 g/mol. The molecule has 0 unspecified atom stereocenters. The van der Waals surface area contributed by atoms with Gasteiger partial charge in [-0.15, -0.1) is 0 Å². The standard InChI is InChI=1S/C15H21FN2O4/c1-8(22-15(2,3)4)12(14(20)21)18-13(19)10-6-5-9(16)7-11(10)17/h5-8,12H,17H2,1-4H3,(H,18,19)(H,20,21)/t8-,12+/m1/s1. The second-order valence-electron chi connectivity index (χ2n) is 5.96. The van der Waals surface area contributed by atoms with Crippen molar-refractivity contribution in [2.24, 2.45) is 0 Å².